The van der Waals surface area contributed by atoms with E-state index >= 15 is 0 Å². The number of rotatable bonds is 4. The van der Waals surface area contributed by atoms with Crippen LogP contribution in [0.3, 0.4) is 0 Å². The van der Waals surface area contributed by atoms with Crippen LogP contribution in [-0.2, 0) is 10.0 Å². The molecule has 1 aromatic heterocycles. The van der Waals surface area contributed by atoms with Crippen LogP contribution < -0.4 is 10.4 Å². The summed E-state index contributed by atoms with van der Waals surface area (Å²) in [5.74, 6) is 0. The van der Waals surface area contributed by atoms with E-state index in [9.17, 15) is 13.2 Å². The molecule has 0 spiro atoms. The Morgan fingerprint density at radius 1 is 1.04 bits per heavy atom. The number of hydrogen-bond donors (Lipinski definition) is 3. The summed E-state index contributed by atoms with van der Waals surface area (Å²) in [5.41, 5.74) is 1.17. The van der Waals surface area contributed by atoms with Gasteiger partial charge in [-0.3, -0.25) is 0 Å². The second kappa shape index (κ2) is 6.25. The summed E-state index contributed by atoms with van der Waals surface area (Å²) in [6.45, 7) is 1.68. The zero-order valence-corrected chi connectivity index (χ0v) is 14.8. The average molecular weight is 386 g/mol. The van der Waals surface area contributed by atoms with Gasteiger partial charge in [-0.15, -0.1) is 0 Å². The minimum Gasteiger partial charge on any atom is -0.306 e. The van der Waals surface area contributed by atoms with E-state index in [1.54, 1.807) is 25.1 Å². The highest BCUT2D eigenvalue weighted by Crippen LogP contribution is 2.27. The Morgan fingerprint density at radius 2 is 1.75 bits per heavy atom. The van der Waals surface area contributed by atoms with Gasteiger partial charge in [0.05, 0.1) is 15.9 Å². The van der Waals surface area contributed by atoms with Crippen molar-refractivity contribution in [3.63, 3.8) is 0 Å². The Balaban J connectivity index is 1.92. The van der Waals surface area contributed by atoms with E-state index < -0.39 is 21.8 Å². The smallest absolute Gasteiger partial charge is 0.306 e. The first-order valence-corrected chi connectivity index (χ1v) is 9.19. The van der Waals surface area contributed by atoms with E-state index in [1.807, 2.05) is 0 Å². The highest BCUT2D eigenvalue weighted by atomic mass is 35.5. The van der Waals surface area contributed by atoms with Crippen LogP contribution in [0.15, 0.2) is 46.1 Å². The van der Waals surface area contributed by atoms with Crippen molar-refractivity contribution in [2.45, 2.75) is 17.9 Å². The van der Waals surface area contributed by atoms with Crippen LogP contribution >= 0.6 is 23.2 Å². The fourth-order valence-electron chi connectivity index (χ4n) is 2.40. The lowest BCUT2D eigenvalue weighted by atomic mass is 10.1. The molecule has 0 radical (unpaired) electrons. The van der Waals surface area contributed by atoms with Crippen molar-refractivity contribution in [3.8, 4) is 0 Å². The lowest BCUT2D eigenvalue weighted by molar-refractivity contribution is 0.567. The number of H-pyrrole nitrogens is 2. The van der Waals surface area contributed by atoms with Crippen LogP contribution in [0.4, 0.5) is 0 Å². The summed E-state index contributed by atoms with van der Waals surface area (Å²) in [6.07, 6.45) is 0. The van der Waals surface area contributed by atoms with Gasteiger partial charge in [0.1, 0.15) is 0 Å². The molecule has 0 bridgehead atoms. The lowest BCUT2D eigenvalue weighted by Gasteiger charge is -2.16. The molecule has 0 aliphatic carbocycles. The molecule has 0 aliphatic heterocycles. The molecule has 1 heterocycles. The number of aromatic amines is 2. The quantitative estimate of drug-likeness (QED) is 0.643. The molecule has 0 amide bonds. The molecule has 3 N–H and O–H groups in total. The van der Waals surface area contributed by atoms with E-state index in [-0.39, 0.29) is 4.90 Å². The maximum absolute atomic E-state index is 12.6. The topological polar surface area (TPSA) is 94.8 Å². The van der Waals surface area contributed by atoms with E-state index in [0.717, 1.165) is 0 Å². The minimum absolute atomic E-state index is 0.0437. The molecule has 0 saturated carbocycles. The van der Waals surface area contributed by atoms with E-state index in [1.165, 1.54) is 18.2 Å². The van der Waals surface area contributed by atoms with Gasteiger partial charge >= 0.3 is 5.69 Å². The van der Waals surface area contributed by atoms with Crippen molar-refractivity contribution in [2.75, 3.05) is 0 Å². The standard InChI is InChI=1S/C15H13Cl2N3O3S/c1-8(11-4-2-9(16)6-12(11)17)20-24(22,23)10-3-5-13-14(7-10)19-15(21)18-13/h2-8,20H,1H3,(H2,18,19,21)/t8-/m1/s1. The Kier molecular flexibility index (Phi) is 4.44. The zero-order chi connectivity index (χ0) is 17.5. The predicted molar refractivity (Wildman–Crippen MR) is 94.1 cm³/mol. The van der Waals surface area contributed by atoms with Crippen molar-refractivity contribution in [3.05, 3.63) is 62.5 Å². The van der Waals surface area contributed by atoms with E-state index in [0.29, 0.717) is 26.6 Å². The third-order valence-corrected chi connectivity index (χ3v) is 5.66. The predicted octanol–water partition coefficient (Wildman–Crippen LogP) is 3.20. The van der Waals surface area contributed by atoms with Crippen molar-refractivity contribution < 1.29 is 8.42 Å². The largest absolute Gasteiger partial charge is 0.323 e. The van der Waals surface area contributed by atoms with Crippen molar-refractivity contribution in [1.29, 1.82) is 0 Å². The van der Waals surface area contributed by atoms with Gasteiger partial charge in [0.25, 0.3) is 0 Å². The van der Waals surface area contributed by atoms with Gasteiger partial charge in [0, 0.05) is 16.1 Å². The number of imidazole rings is 1. The summed E-state index contributed by atoms with van der Waals surface area (Å²) < 4.78 is 27.7. The van der Waals surface area contributed by atoms with Crippen LogP contribution in [0.5, 0.6) is 0 Å². The number of benzene rings is 2. The summed E-state index contributed by atoms with van der Waals surface area (Å²) >= 11 is 12.0. The van der Waals surface area contributed by atoms with Crippen LogP contribution in [0.1, 0.15) is 18.5 Å². The third-order valence-electron chi connectivity index (χ3n) is 3.56. The first-order valence-electron chi connectivity index (χ1n) is 6.95. The molecule has 3 rings (SSSR count). The number of fused-ring (bicyclic) bond motifs is 1. The second-order valence-electron chi connectivity index (χ2n) is 5.30. The maximum Gasteiger partial charge on any atom is 0.323 e. The maximum atomic E-state index is 12.6. The summed E-state index contributed by atoms with van der Waals surface area (Å²) in [7, 11) is -3.79. The van der Waals surface area contributed by atoms with Gasteiger partial charge in [0.2, 0.25) is 10.0 Å². The highest BCUT2D eigenvalue weighted by Gasteiger charge is 2.20. The molecule has 24 heavy (non-hydrogen) atoms. The van der Waals surface area contributed by atoms with Gasteiger partial charge in [-0.2, -0.15) is 0 Å². The monoisotopic (exact) mass is 385 g/mol. The van der Waals surface area contributed by atoms with Gasteiger partial charge < -0.3 is 9.97 Å². The van der Waals surface area contributed by atoms with Crippen LogP contribution in [0.25, 0.3) is 11.0 Å². The first-order chi connectivity index (χ1) is 11.3. The Bertz CT molecular complexity index is 1070. The fraction of sp³-hybridized carbons (Fsp3) is 0.133. The van der Waals surface area contributed by atoms with Crippen LogP contribution in [0, 0.1) is 0 Å². The molecule has 0 unspecified atom stereocenters. The minimum atomic E-state index is -3.79. The summed E-state index contributed by atoms with van der Waals surface area (Å²) in [4.78, 5) is 16.4. The number of aromatic nitrogens is 2. The molecule has 9 heteroatoms. The summed E-state index contributed by atoms with van der Waals surface area (Å²) in [6, 6.07) is 8.66. The van der Waals surface area contributed by atoms with Crippen LogP contribution in [-0.4, -0.2) is 18.4 Å². The Hall–Kier alpha value is -1.80. The number of nitrogens with one attached hydrogen (secondary N) is 3. The van der Waals surface area contributed by atoms with Crippen LogP contribution in [0.2, 0.25) is 10.0 Å². The van der Waals surface area contributed by atoms with Gasteiger partial charge in [-0.1, -0.05) is 29.3 Å². The molecular formula is C15H13Cl2N3O3S. The molecular weight excluding hydrogens is 373 g/mol. The van der Waals surface area contributed by atoms with Gasteiger partial charge in [-0.05, 0) is 42.8 Å². The Morgan fingerprint density at radius 3 is 2.46 bits per heavy atom. The van der Waals surface area contributed by atoms with Crippen molar-refractivity contribution in [2.24, 2.45) is 0 Å². The zero-order valence-electron chi connectivity index (χ0n) is 12.4. The van der Waals surface area contributed by atoms with Gasteiger partial charge in [-0.25, -0.2) is 17.9 Å². The fourth-order valence-corrected chi connectivity index (χ4v) is 4.22. The molecule has 0 saturated heterocycles. The first kappa shape index (κ1) is 17.0. The average Bonchev–Trinajstić information content (AvgIpc) is 2.85. The van der Waals surface area contributed by atoms with Crippen molar-refractivity contribution >= 4 is 44.3 Å². The van der Waals surface area contributed by atoms with E-state index in [4.69, 9.17) is 23.2 Å². The van der Waals surface area contributed by atoms with E-state index in [2.05, 4.69) is 14.7 Å². The van der Waals surface area contributed by atoms with Crippen molar-refractivity contribution in [1.82, 2.24) is 14.7 Å². The lowest BCUT2D eigenvalue weighted by Crippen LogP contribution is -2.27. The summed E-state index contributed by atoms with van der Waals surface area (Å²) in [5, 5.41) is 0.851. The second-order valence-corrected chi connectivity index (χ2v) is 7.85. The molecule has 2 aromatic carbocycles. The SMILES string of the molecule is C[C@@H](NS(=O)(=O)c1ccc2[nH]c(=O)[nH]c2c1)c1ccc(Cl)cc1Cl. The number of hydrogen-bond acceptors (Lipinski definition) is 3. The molecule has 0 fully saturated rings. The molecule has 3 aromatic rings. The number of sulfonamides is 1. The molecule has 0 aliphatic rings. The normalized spacial score (nSPS) is 13.3. The molecule has 1 atom stereocenters. The number of halogens is 2. The van der Waals surface area contributed by atoms with Gasteiger partial charge in [0.15, 0.2) is 0 Å². The molecule has 126 valence electrons. The highest BCUT2D eigenvalue weighted by molar-refractivity contribution is 7.89. The molecule has 6 nitrogen and oxygen atoms in total. The third kappa shape index (κ3) is 3.34. The Labute approximate surface area is 147 Å².